The van der Waals surface area contributed by atoms with Crippen molar-refractivity contribution < 1.29 is 9.84 Å². The first kappa shape index (κ1) is 21.2. The number of aliphatic hydroxyl groups excluding tert-OH is 1. The second-order valence-electron chi connectivity index (χ2n) is 6.05. The second-order valence-corrected chi connectivity index (χ2v) is 6.05. The van der Waals surface area contributed by atoms with E-state index in [0.717, 1.165) is 38.2 Å². The molecule has 24 heavy (non-hydrogen) atoms. The lowest BCUT2D eigenvalue weighted by atomic mass is 9.93. The third kappa shape index (κ3) is 6.94. The molecule has 1 aliphatic carbocycles. The summed E-state index contributed by atoms with van der Waals surface area (Å²) in [5, 5.41) is 16.4. The van der Waals surface area contributed by atoms with Gasteiger partial charge in [0.25, 0.3) is 0 Å². The Hall–Kier alpha value is -0.860. The molecule has 0 amide bonds. The summed E-state index contributed by atoms with van der Waals surface area (Å²) < 4.78 is 5.25. The Balaban J connectivity index is 0.00000288. The van der Waals surface area contributed by atoms with Gasteiger partial charge in [-0.15, -0.1) is 24.0 Å². The van der Waals surface area contributed by atoms with Crippen molar-refractivity contribution in [2.24, 2.45) is 4.99 Å². The van der Waals surface area contributed by atoms with Gasteiger partial charge in [0.05, 0.1) is 19.3 Å². The van der Waals surface area contributed by atoms with Crippen molar-refractivity contribution in [3.8, 4) is 0 Å². The predicted octanol–water partition coefficient (Wildman–Crippen LogP) is 2.81. The van der Waals surface area contributed by atoms with Crippen LogP contribution in [0.1, 0.15) is 43.7 Å². The minimum Gasteiger partial charge on any atom is -0.393 e. The maximum absolute atomic E-state index is 9.61. The van der Waals surface area contributed by atoms with E-state index < -0.39 is 0 Å². The van der Waals surface area contributed by atoms with Gasteiger partial charge in [-0.2, -0.15) is 0 Å². The van der Waals surface area contributed by atoms with Gasteiger partial charge < -0.3 is 20.5 Å². The number of ether oxygens (including phenoxy) is 1. The number of aliphatic imine (C=N–C) groups is 1. The van der Waals surface area contributed by atoms with E-state index in [1.165, 1.54) is 11.1 Å². The normalized spacial score (nSPS) is 21.0. The van der Waals surface area contributed by atoms with Crippen molar-refractivity contribution in [3.63, 3.8) is 0 Å². The molecule has 0 radical (unpaired) electrons. The number of halogens is 1. The first-order chi connectivity index (χ1) is 11.2. The van der Waals surface area contributed by atoms with E-state index in [1.54, 1.807) is 7.11 Å². The predicted molar refractivity (Wildman–Crippen MR) is 109 cm³/mol. The molecule has 5 nitrogen and oxygen atoms in total. The van der Waals surface area contributed by atoms with E-state index >= 15 is 0 Å². The molecule has 1 fully saturated rings. The zero-order chi connectivity index (χ0) is 16.5. The summed E-state index contributed by atoms with van der Waals surface area (Å²) in [5.74, 6) is 0.848. The minimum absolute atomic E-state index is 0. The van der Waals surface area contributed by atoms with E-state index in [2.05, 4.69) is 29.7 Å². The quantitative estimate of drug-likeness (QED) is 0.357. The molecule has 0 heterocycles. The van der Waals surface area contributed by atoms with Gasteiger partial charge in [-0.05, 0) is 43.7 Å². The van der Waals surface area contributed by atoms with Crippen LogP contribution in [0.5, 0.6) is 0 Å². The van der Waals surface area contributed by atoms with Crippen LogP contribution in [0.4, 0.5) is 0 Å². The number of benzene rings is 1. The molecule has 1 aromatic carbocycles. The van der Waals surface area contributed by atoms with E-state index in [0.29, 0.717) is 19.2 Å². The summed E-state index contributed by atoms with van der Waals surface area (Å²) in [4.78, 5) is 4.72. The maximum Gasteiger partial charge on any atom is 0.191 e. The molecule has 0 bridgehead atoms. The van der Waals surface area contributed by atoms with Gasteiger partial charge in [-0.1, -0.05) is 24.3 Å². The largest absolute Gasteiger partial charge is 0.393 e. The molecular weight excluding hydrogens is 417 g/mol. The van der Waals surface area contributed by atoms with Crippen molar-refractivity contribution in [3.05, 3.63) is 35.4 Å². The van der Waals surface area contributed by atoms with Gasteiger partial charge >= 0.3 is 0 Å². The summed E-state index contributed by atoms with van der Waals surface area (Å²) in [6.45, 7) is 4.14. The number of rotatable bonds is 6. The van der Waals surface area contributed by atoms with E-state index in [9.17, 15) is 5.11 Å². The van der Waals surface area contributed by atoms with Crippen molar-refractivity contribution in [1.82, 2.24) is 10.6 Å². The van der Waals surface area contributed by atoms with Crippen molar-refractivity contribution in [2.45, 2.75) is 57.9 Å². The number of nitrogens with one attached hydrogen (secondary N) is 2. The van der Waals surface area contributed by atoms with E-state index in [1.807, 2.05) is 12.1 Å². The molecule has 0 spiro atoms. The zero-order valence-electron chi connectivity index (χ0n) is 14.6. The van der Waals surface area contributed by atoms with Crippen LogP contribution in [0.25, 0.3) is 0 Å². The maximum atomic E-state index is 9.61. The lowest BCUT2D eigenvalue weighted by Gasteiger charge is -2.27. The molecule has 1 aromatic rings. The van der Waals surface area contributed by atoms with Gasteiger partial charge in [-0.3, -0.25) is 0 Å². The summed E-state index contributed by atoms with van der Waals surface area (Å²) in [6.07, 6.45) is 3.59. The number of nitrogens with zero attached hydrogens (tertiary/aromatic N) is 1. The van der Waals surface area contributed by atoms with Crippen LogP contribution in [0.3, 0.4) is 0 Å². The fourth-order valence-electron chi connectivity index (χ4n) is 2.91. The van der Waals surface area contributed by atoms with Crippen LogP contribution in [-0.2, 0) is 17.9 Å². The zero-order valence-corrected chi connectivity index (χ0v) is 17.0. The molecule has 1 saturated carbocycles. The molecule has 0 aromatic heterocycles. The summed E-state index contributed by atoms with van der Waals surface area (Å²) >= 11 is 0. The molecule has 6 heteroatoms. The highest BCUT2D eigenvalue weighted by molar-refractivity contribution is 14.0. The van der Waals surface area contributed by atoms with Crippen molar-refractivity contribution in [2.75, 3.05) is 13.7 Å². The minimum atomic E-state index is -0.131. The van der Waals surface area contributed by atoms with Crippen LogP contribution in [-0.4, -0.2) is 36.9 Å². The monoisotopic (exact) mass is 447 g/mol. The molecule has 0 unspecified atom stereocenters. The fraction of sp³-hybridized carbons (Fsp3) is 0.611. The molecule has 1 aliphatic rings. The van der Waals surface area contributed by atoms with Gasteiger partial charge in [0.1, 0.15) is 0 Å². The Morgan fingerprint density at radius 2 is 1.88 bits per heavy atom. The van der Waals surface area contributed by atoms with Gasteiger partial charge in [0.2, 0.25) is 0 Å². The molecule has 3 N–H and O–H groups in total. The average molecular weight is 447 g/mol. The Bertz CT molecular complexity index is 503. The number of hydrogen-bond donors (Lipinski definition) is 3. The van der Waals surface area contributed by atoms with Crippen molar-refractivity contribution in [1.29, 1.82) is 0 Å². The Morgan fingerprint density at radius 1 is 1.21 bits per heavy atom. The molecule has 136 valence electrons. The highest BCUT2D eigenvalue weighted by atomic mass is 127. The van der Waals surface area contributed by atoms with Gasteiger partial charge in [-0.25, -0.2) is 4.99 Å². The lowest BCUT2D eigenvalue weighted by molar-refractivity contribution is 0.120. The Labute approximate surface area is 162 Å². The van der Waals surface area contributed by atoms with Crippen LogP contribution in [0.15, 0.2) is 29.3 Å². The van der Waals surface area contributed by atoms with Crippen molar-refractivity contribution >= 4 is 29.9 Å². The Kier molecular flexibility index (Phi) is 10.3. The summed E-state index contributed by atoms with van der Waals surface area (Å²) in [6, 6.07) is 8.63. The smallest absolute Gasteiger partial charge is 0.191 e. The first-order valence-electron chi connectivity index (χ1n) is 8.51. The van der Waals surface area contributed by atoms with Crippen LogP contribution in [0.2, 0.25) is 0 Å². The van der Waals surface area contributed by atoms with E-state index in [-0.39, 0.29) is 30.1 Å². The number of guanidine groups is 1. The van der Waals surface area contributed by atoms with Crippen LogP contribution < -0.4 is 10.6 Å². The number of methoxy groups -OCH3 is 1. The topological polar surface area (TPSA) is 65.9 Å². The fourth-order valence-corrected chi connectivity index (χ4v) is 2.91. The first-order valence-corrected chi connectivity index (χ1v) is 8.51. The highest BCUT2D eigenvalue weighted by Gasteiger charge is 2.19. The SMILES string of the molecule is CCNC(=NCc1ccccc1COC)NC1CCC(O)CC1.I. The molecule has 0 aliphatic heterocycles. The number of hydrogen-bond acceptors (Lipinski definition) is 3. The summed E-state index contributed by atoms with van der Waals surface area (Å²) in [7, 11) is 1.71. The lowest BCUT2D eigenvalue weighted by Crippen LogP contribution is -2.45. The third-order valence-electron chi connectivity index (χ3n) is 4.21. The highest BCUT2D eigenvalue weighted by Crippen LogP contribution is 2.18. The number of aliphatic hydroxyl groups is 1. The third-order valence-corrected chi connectivity index (χ3v) is 4.21. The van der Waals surface area contributed by atoms with Crippen LogP contribution >= 0.6 is 24.0 Å². The van der Waals surface area contributed by atoms with E-state index in [4.69, 9.17) is 9.73 Å². The molecule has 0 saturated heterocycles. The molecule has 2 rings (SSSR count). The van der Waals surface area contributed by atoms with Crippen LogP contribution in [0, 0.1) is 0 Å². The van der Waals surface area contributed by atoms with Gasteiger partial charge in [0, 0.05) is 19.7 Å². The molecule has 0 atom stereocenters. The standard InChI is InChI=1S/C18H29N3O2.HI/c1-3-19-18(21-16-8-10-17(22)11-9-16)20-12-14-6-4-5-7-15(14)13-23-2;/h4-7,16-17,22H,3,8-13H2,1-2H3,(H2,19,20,21);1H. The second kappa shape index (κ2) is 11.7. The summed E-state index contributed by atoms with van der Waals surface area (Å²) in [5.41, 5.74) is 2.36. The van der Waals surface area contributed by atoms with Gasteiger partial charge in [0.15, 0.2) is 5.96 Å². The average Bonchev–Trinajstić information content (AvgIpc) is 2.56. The Morgan fingerprint density at radius 3 is 2.50 bits per heavy atom. The molecular formula is C18H30IN3O2.